The number of aryl methyl sites for hydroxylation is 1. The average Bonchev–Trinajstić information content (AvgIpc) is 3.12. The third-order valence-corrected chi connectivity index (χ3v) is 6.28. The van der Waals surface area contributed by atoms with Crippen LogP contribution in [0.5, 0.6) is 5.75 Å². The van der Waals surface area contributed by atoms with Gasteiger partial charge in [-0.05, 0) is 48.2 Å². The highest BCUT2D eigenvalue weighted by atomic mass is 35.5. The summed E-state index contributed by atoms with van der Waals surface area (Å²) in [5, 5.41) is 13.6. The Hall–Kier alpha value is -3.82. The van der Waals surface area contributed by atoms with E-state index in [1.165, 1.54) is 5.56 Å². The van der Waals surface area contributed by atoms with Crippen molar-refractivity contribution in [1.29, 1.82) is 0 Å². The maximum atomic E-state index is 12.7. The van der Waals surface area contributed by atoms with Gasteiger partial charge in [-0.1, -0.05) is 90.0 Å². The van der Waals surface area contributed by atoms with Gasteiger partial charge in [-0.25, -0.2) is 0 Å². The van der Waals surface area contributed by atoms with Crippen LogP contribution in [0, 0.1) is 6.92 Å². The van der Waals surface area contributed by atoms with Crippen LogP contribution in [0.25, 0.3) is 27.8 Å². The van der Waals surface area contributed by atoms with Gasteiger partial charge in [0.25, 0.3) is 5.91 Å². The lowest BCUT2D eigenvalue weighted by Gasteiger charge is -2.10. The Balaban J connectivity index is 1.48. The van der Waals surface area contributed by atoms with Crippen LogP contribution in [-0.4, -0.2) is 11.0 Å². The van der Waals surface area contributed by atoms with E-state index in [0.29, 0.717) is 17.0 Å². The predicted molar refractivity (Wildman–Crippen MR) is 135 cm³/mol. The fraction of sp³-hybridized carbons (Fsp3) is 0.0690. The molecule has 162 valence electrons. The van der Waals surface area contributed by atoms with Gasteiger partial charge >= 0.3 is 0 Å². The first kappa shape index (κ1) is 21.0. The number of phenols is 1. The number of rotatable bonds is 4. The number of hydrogen-bond donors (Lipinski definition) is 2. The molecule has 0 unspecified atom stereocenters. The maximum Gasteiger partial charge on any atom is 0.256 e. The zero-order valence-electron chi connectivity index (χ0n) is 18.1. The topological polar surface area (TPSA) is 49.3 Å². The Labute approximate surface area is 198 Å². The number of nitrogens with one attached hydrogen (secondary N) is 1. The number of benzene rings is 4. The van der Waals surface area contributed by atoms with E-state index < -0.39 is 0 Å². The van der Waals surface area contributed by atoms with Gasteiger partial charge < -0.3 is 10.4 Å². The minimum absolute atomic E-state index is 0.111. The van der Waals surface area contributed by atoms with Crippen molar-refractivity contribution in [3.63, 3.8) is 0 Å². The van der Waals surface area contributed by atoms with Crippen molar-refractivity contribution in [3.05, 3.63) is 113 Å². The molecule has 1 heterocycles. The summed E-state index contributed by atoms with van der Waals surface area (Å²) < 4.78 is 0. The molecule has 5 rings (SSSR count). The number of phenolic OH excluding ortho intramolecular Hbond substituents is 1. The smallest absolute Gasteiger partial charge is 0.256 e. The first-order valence-corrected chi connectivity index (χ1v) is 11.2. The van der Waals surface area contributed by atoms with E-state index >= 15 is 0 Å². The SMILES string of the molecule is Cc1ccc(C/C=C2\C(=O)Nc3cc(Cl)c(-c4ccc(-c5ccccc5O)cc4)cc32)cc1. The molecule has 0 aromatic heterocycles. The molecule has 0 radical (unpaired) electrons. The van der Waals surface area contributed by atoms with Gasteiger partial charge in [-0.15, -0.1) is 0 Å². The van der Waals surface area contributed by atoms with Crippen LogP contribution < -0.4 is 5.32 Å². The van der Waals surface area contributed by atoms with Crippen molar-refractivity contribution in [1.82, 2.24) is 0 Å². The lowest BCUT2D eigenvalue weighted by Crippen LogP contribution is -2.04. The van der Waals surface area contributed by atoms with Crippen LogP contribution in [0.4, 0.5) is 5.69 Å². The summed E-state index contributed by atoms with van der Waals surface area (Å²) >= 11 is 6.60. The Kier molecular flexibility index (Phi) is 5.49. The van der Waals surface area contributed by atoms with Gasteiger partial charge in [0, 0.05) is 22.3 Å². The molecule has 1 aliphatic rings. The Morgan fingerprint density at radius 1 is 0.848 bits per heavy atom. The molecule has 0 aliphatic carbocycles. The molecule has 0 atom stereocenters. The van der Waals surface area contributed by atoms with Crippen LogP contribution in [0.2, 0.25) is 5.02 Å². The van der Waals surface area contributed by atoms with Crippen molar-refractivity contribution in [3.8, 4) is 28.0 Å². The molecule has 1 aliphatic heterocycles. The van der Waals surface area contributed by atoms with Crippen molar-refractivity contribution in [2.24, 2.45) is 0 Å². The first-order chi connectivity index (χ1) is 16.0. The summed E-state index contributed by atoms with van der Waals surface area (Å²) in [6.45, 7) is 2.06. The zero-order chi connectivity index (χ0) is 22.9. The number of allylic oxidation sites excluding steroid dienone is 1. The van der Waals surface area contributed by atoms with E-state index in [2.05, 4.69) is 36.5 Å². The summed E-state index contributed by atoms with van der Waals surface area (Å²) in [7, 11) is 0. The number of anilines is 1. The van der Waals surface area contributed by atoms with Gasteiger partial charge in [0.1, 0.15) is 5.75 Å². The third-order valence-electron chi connectivity index (χ3n) is 5.96. The Morgan fingerprint density at radius 3 is 2.21 bits per heavy atom. The van der Waals surface area contributed by atoms with Crippen LogP contribution in [0.3, 0.4) is 0 Å². The molecule has 4 heteroatoms. The molecule has 0 saturated heterocycles. The van der Waals surface area contributed by atoms with Crippen LogP contribution in [0.1, 0.15) is 16.7 Å². The van der Waals surface area contributed by atoms with E-state index in [9.17, 15) is 9.90 Å². The molecule has 1 amide bonds. The molecule has 33 heavy (non-hydrogen) atoms. The van der Waals surface area contributed by atoms with Crippen LogP contribution in [-0.2, 0) is 11.2 Å². The molecule has 4 aromatic carbocycles. The van der Waals surface area contributed by atoms with Gasteiger partial charge in [0.15, 0.2) is 0 Å². The molecular weight excluding hydrogens is 430 g/mol. The molecule has 0 fully saturated rings. The average molecular weight is 452 g/mol. The normalized spacial score (nSPS) is 13.8. The predicted octanol–water partition coefficient (Wildman–Crippen LogP) is 7.27. The third kappa shape index (κ3) is 4.15. The molecule has 4 aromatic rings. The second-order valence-corrected chi connectivity index (χ2v) is 8.64. The fourth-order valence-corrected chi connectivity index (χ4v) is 4.40. The van der Waals surface area contributed by atoms with Gasteiger partial charge in [-0.2, -0.15) is 0 Å². The number of carbonyl (C=O) groups is 1. The Bertz CT molecular complexity index is 1390. The highest BCUT2D eigenvalue weighted by Crippen LogP contribution is 2.40. The van der Waals surface area contributed by atoms with E-state index in [0.717, 1.165) is 39.1 Å². The number of amides is 1. The van der Waals surface area contributed by atoms with E-state index in [1.807, 2.05) is 54.6 Å². The zero-order valence-corrected chi connectivity index (χ0v) is 18.9. The fourth-order valence-electron chi connectivity index (χ4n) is 4.13. The minimum Gasteiger partial charge on any atom is -0.507 e. The van der Waals surface area contributed by atoms with Crippen molar-refractivity contribution >= 4 is 28.8 Å². The molecule has 3 nitrogen and oxygen atoms in total. The quantitative estimate of drug-likeness (QED) is 0.320. The van der Waals surface area contributed by atoms with Gasteiger partial charge in [-0.3, -0.25) is 4.79 Å². The number of fused-ring (bicyclic) bond motifs is 1. The van der Waals surface area contributed by atoms with Gasteiger partial charge in [0.2, 0.25) is 0 Å². The number of carbonyl (C=O) groups excluding carboxylic acids is 1. The number of halogens is 1. The molecule has 0 saturated carbocycles. The summed E-state index contributed by atoms with van der Waals surface area (Å²) in [6.07, 6.45) is 2.65. The number of hydrogen-bond acceptors (Lipinski definition) is 2. The monoisotopic (exact) mass is 451 g/mol. The maximum absolute atomic E-state index is 12.7. The van der Waals surface area contributed by atoms with E-state index in [1.54, 1.807) is 12.1 Å². The lowest BCUT2D eigenvalue weighted by atomic mass is 9.96. The summed E-state index contributed by atoms with van der Waals surface area (Å²) in [5.41, 5.74) is 8.12. The lowest BCUT2D eigenvalue weighted by molar-refractivity contribution is -0.110. The second kappa shape index (κ2) is 8.61. The minimum atomic E-state index is -0.111. The van der Waals surface area contributed by atoms with Crippen LogP contribution >= 0.6 is 11.6 Å². The standard InChI is InChI=1S/C29H22ClNO2/c1-18-6-8-19(9-7-18)10-15-23-25-16-24(26(30)17-27(25)31-29(23)33)21-13-11-20(12-14-21)22-4-2-3-5-28(22)32/h2-9,11-17,32H,10H2,1H3,(H,31,33)/b23-15-. The second-order valence-electron chi connectivity index (χ2n) is 8.23. The van der Waals surface area contributed by atoms with E-state index in [4.69, 9.17) is 11.6 Å². The van der Waals surface area contributed by atoms with Crippen molar-refractivity contribution < 1.29 is 9.90 Å². The number of aromatic hydroxyl groups is 1. The highest BCUT2D eigenvalue weighted by molar-refractivity contribution is 6.36. The summed E-state index contributed by atoms with van der Waals surface area (Å²) in [4.78, 5) is 12.7. The van der Waals surface area contributed by atoms with Crippen molar-refractivity contribution in [2.45, 2.75) is 13.3 Å². The molecular formula is C29H22ClNO2. The van der Waals surface area contributed by atoms with Crippen molar-refractivity contribution in [2.75, 3.05) is 5.32 Å². The van der Waals surface area contributed by atoms with E-state index in [-0.39, 0.29) is 11.7 Å². The molecule has 0 bridgehead atoms. The summed E-state index contributed by atoms with van der Waals surface area (Å²) in [6, 6.07) is 27.3. The van der Waals surface area contributed by atoms with Crippen LogP contribution in [0.15, 0.2) is 91.0 Å². The molecule has 0 spiro atoms. The molecule has 2 N–H and O–H groups in total. The highest BCUT2D eigenvalue weighted by Gasteiger charge is 2.25. The largest absolute Gasteiger partial charge is 0.507 e. The number of para-hydroxylation sites is 1. The first-order valence-electron chi connectivity index (χ1n) is 10.8. The van der Waals surface area contributed by atoms with Gasteiger partial charge in [0.05, 0.1) is 10.7 Å². The summed E-state index contributed by atoms with van der Waals surface area (Å²) in [5.74, 6) is 0.133. The Morgan fingerprint density at radius 2 is 1.52 bits per heavy atom.